The topological polar surface area (TPSA) is 18.5 Å². The molecule has 0 aliphatic carbocycles. The van der Waals surface area contributed by atoms with E-state index in [2.05, 4.69) is 19.1 Å². The number of benzene rings is 1. The Hall–Kier alpha value is -0.860. The lowest BCUT2D eigenvalue weighted by Gasteiger charge is -2.13. The third kappa shape index (κ3) is 3.05. The van der Waals surface area contributed by atoms with E-state index in [4.69, 9.17) is 9.47 Å². The fraction of sp³-hybridized carbons (Fsp3) is 0.538. The van der Waals surface area contributed by atoms with Crippen molar-refractivity contribution in [3.05, 3.63) is 35.9 Å². The van der Waals surface area contributed by atoms with Gasteiger partial charge < -0.3 is 9.47 Å². The highest BCUT2D eigenvalue weighted by Gasteiger charge is 2.23. The van der Waals surface area contributed by atoms with Gasteiger partial charge in [-0.1, -0.05) is 37.3 Å². The SMILES string of the molecule is CCC1CCC(OCc2ccccc2)O1. The molecule has 2 heteroatoms. The van der Waals surface area contributed by atoms with Crippen molar-refractivity contribution in [3.63, 3.8) is 0 Å². The van der Waals surface area contributed by atoms with Crippen LogP contribution >= 0.6 is 0 Å². The summed E-state index contributed by atoms with van der Waals surface area (Å²) in [6, 6.07) is 10.2. The van der Waals surface area contributed by atoms with Crippen LogP contribution in [0.3, 0.4) is 0 Å². The largest absolute Gasteiger partial charge is 0.349 e. The first kappa shape index (κ1) is 10.7. The molecule has 1 aliphatic rings. The van der Waals surface area contributed by atoms with Crippen LogP contribution < -0.4 is 0 Å². The molecule has 2 nitrogen and oxygen atoms in total. The van der Waals surface area contributed by atoms with E-state index in [1.54, 1.807) is 0 Å². The quantitative estimate of drug-likeness (QED) is 0.753. The fourth-order valence-electron chi connectivity index (χ4n) is 1.86. The van der Waals surface area contributed by atoms with Crippen LogP contribution in [0.1, 0.15) is 31.7 Å². The summed E-state index contributed by atoms with van der Waals surface area (Å²) in [5, 5.41) is 0. The Bertz CT molecular complexity index is 284. The second-order valence-electron chi connectivity index (χ2n) is 3.97. The van der Waals surface area contributed by atoms with Crippen molar-refractivity contribution in [1.82, 2.24) is 0 Å². The average Bonchev–Trinajstić information content (AvgIpc) is 2.76. The maximum atomic E-state index is 5.71. The van der Waals surface area contributed by atoms with Crippen molar-refractivity contribution >= 4 is 0 Å². The maximum absolute atomic E-state index is 5.71. The van der Waals surface area contributed by atoms with E-state index in [1.807, 2.05) is 18.2 Å². The molecular weight excluding hydrogens is 188 g/mol. The van der Waals surface area contributed by atoms with Gasteiger partial charge in [0, 0.05) is 6.42 Å². The van der Waals surface area contributed by atoms with Crippen molar-refractivity contribution in [2.24, 2.45) is 0 Å². The first-order valence-electron chi connectivity index (χ1n) is 5.69. The molecule has 1 aromatic carbocycles. The molecule has 0 saturated carbocycles. The van der Waals surface area contributed by atoms with Crippen molar-refractivity contribution < 1.29 is 9.47 Å². The van der Waals surface area contributed by atoms with E-state index in [-0.39, 0.29) is 6.29 Å². The highest BCUT2D eigenvalue weighted by Crippen LogP contribution is 2.23. The second kappa shape index (κ2) is 5.29. The van der Waals surface area contributed by atoms with Gasteiger partial charge in [-0.15, -0.1) is 0 Å². The van der Waals surface area contributed by atoms with Gasteiger partial charge in [0.1, 0.15) is 0 Å². The smallest absolute Gasteiger partial charge is 0.158 e. The summed E-state index contributed by atoms with van der Waals surface area (Å²) in [7, 11) is 0. The Balaban J connectivity index is 1.75. The highest BCUT2D eigenvalue weighted by molar-refractivity contribution is 5.13. The van der Waals surface area contributed by atoms with Crippen molar-refractivity contribution in [2.75, 3.05) is 0 Å². The number of ether oxygens (including phenoxy) is 2. The van der Waals surface area contributed by atoms with Gasteiger partial charge in [0.15, 0.2) is 6.29 Å². The fourth-order valence-corrected chi connectivity index (χ4v) is 1.86. The molecule has 82 valence electrons. The number of hydrogen-bond acceptors (Lipinski definition) is 2. The van der Waals surface area contributed by atoms with Crippen LogP contribution in [0.4, 0.5) is 0 Å². The van der Waals surface area contributed by atoms with Gasteiger partial charge >= 0.3 is 0 Å². The van der Waals surface area contributed by atoms with Crippen LogP contribution in [0.15, 0.2) is 30.3 Å². The van der Waals surface area contributed by atoms with E-state index in [0.717, 1.165) is 19.3 Å². The van der Waals surface area contributed by atoms with Gasteiger partial charge in [-0.3, -0.25) is 0 Å². The Kier molecular flexibility index (Phi) is 3.75. The predicted molar refractivity (Wildman–Crippen MR) is 59.4 cm³/mol. The van der Waals surface area contributed by atoms with Gasteiger partial charge in [-0.2, -0.15) is 0 Å². The van der Waals surface area contributed by atoms with Gasteiger partial charge in [0.25, 0.3) is 0 Å². The number of rotatable bonds is 4. The Morgan fingerprint density at radius 2 is 2.07 bits per heavy atom. The monoisotopic (exact) mass is 206 g/mol. The predicted octanol–water partition coefficient (Wildman–Crippen LogP) is 3.12. The molecule has 2 unspecified atom stereocenters. The summed E-state index contributed by atoms with van der Waals surface area (Å²) in [6.07, 6.45) is 3.67. The number of hydrogen-bond donors (Lipinski definition) is 0. The molecule has 1 heterocycles. The van der Waals surface area contributed by atoms with E-state index >= 15 is 0 Å². The van der Waals surface area contributed by atoms with Crippen LogP contribution in [-0.4, -0.2) is 12.4 Å². The molecule has 1 aliphatic heterocycles. The van der Waals surface area contributed by atoms with Crippen molar-refractivity contribution in [2.45, 2.75) is 45.2 Å². The molecule has 1 saturated heterocycles. The molecule has 0 spiro atoms. The lowest BCUT2D eigenvalue weighted by Crippen LogP contribution is -2.13. The highest BCUT2D eigenvalue weighted by atomic mass is 16.7. The van der Waals surface area contributed by atoms with Crippen molar-refractivity contribution in [1.29, 1.82) is 0 Å². The zero-order chi connectivity index (χ0) is 10.5. The maximum Gasteiger partial charge on any atom is 0.158 e. The zero-order valence-corrected chi connectivity index (χ0v) is 9.19. The molecular formula is C13H18O2. The van der Waals surface area contributed by atoms with Gasteiger partial charge in [-0.25, -0.2) is 0 Å². The standard InChI is InChI=1S/C13H18O2/c1-2-12-8-9-13(15-12)14-10-11-6-4-3-5-7-11/h3-7,12-13H,2,8-10H2,1H3. The van der Waals surface area contributed by atoms with E-state index in [9.17, 15) is 0 Å². The minimum atomic E-state index is 0.00940. The van der Waals surface area contributed by atoms with Crippen LogP contribution in [-0.2, 0) is 16.1 Å². The second-order valence-corrected chi connectivity index (χ2v) is 3.97. The van der Waals surface area contributed by atoms with Gasteiger partial charge in [0.2, 0.25) is 0 Å². The van der Waals surface area contributed by atoms with Gasteiger partial charge in [-0.05, 0) is 18.4 Å². The Labute approximate surface area is 91.2 Å². The first-order chi connectivity index (χ1) is 7.38. The lowest BCUT2D eigenvalue weighted by atomic mass is 10.2. The minimum absolute atomic E-state index is 0.00940. The summed E-state index contributed by atoms with van der Waals surface area (Å²) in [6.45, 7) is 2.81. The third-order valence-electron chi connectivity index (χ3n) is 2.80. The molecule has 0 aromatic heterocycles. The molecule has 0 amide bonds. The van der Waals surface area contributed by atoms with Crippen molar-refractivity contribution in [3.8, 4) is 0 Å². The summed E-state index contributed by atoms with van der Waals surface area (Å²) in [5.74, 6) is 0. The summed E-state index contributed by atoms with van der Waals surface area (Å²) >= 11 is 0. The van der Waals surface area contributed by atoms with Crippen LogP contribution in [0.2, 0.25) is 0 Å². The normalized spacial score (nSPS) is 25.7. The summed E-state index contributed by atoms with van der Waals surface area (Å²) in [5.41, 5.74) is 1.21. The minimum Gasteiger partial charge on any atom is -0.349 e. The molecule has 2 atom stereocenters. The Morgan fingerprint density at radius 1 is 1.27 bits per heavy atom. The molecule has 1 aromatic rings. The van der Waals surface area contributed by atoms with Gasteiger partial charge in [0.05, 0.1) is 12.7 Å². The lowest BCUT2D eigenvalue weighted by molar-refractivity contribution is -0.140. The molecule has 1 fully saturated rings. The Morgan fingerprint density at radius 3 is 2.73 bits per heavy atom. The van der Waals surface area contributed by atoms with E-state index in [0.29, 0.717) is 12.7 Å². The summed E-state index contributed by atoms with van der Waals surface area (Å²) in [4.78, 5) is 0. The zero-order valence-electron chi connectivity index (χ0n) is 9.19. The molecule has 15 heavy (non-hydrogen) atoms. The van der Waals surface area contributed by atoms with E-state index in [1.165, 1.54) is 5.56 Å². The molecule has 2 rings (SSSR count). The van der Waals surface area contributed by atoms with E-state index < -0.39 is 0 Å². The summed E-state index contributed by atoms with van der Waals surface area (Å²) < 4.78 is 11.4. The third-order valence-corrected chi connectivity index (χ3v) is 2.80. The van der Waals surface area contributed by atoms with Crippen LogP contribution in [0, 0.1) is 0 Å². The van der Waals surface area contributed by atoms with Crippen LogP contribution in [0.5, 0.6) is 0 Å². The molecule has 0 bridgehead atoms. The van der Waals surface area contributed by atoms with Crippen LogP contribution in [0.25, 0.3) is 0 Å². The molecule has 0 radical (unpaired) electrons. The average molecular weight is 206 g/mol. The first-order valence-corrected chi connectivity index (χ1v) is 5.69. The molecule has 0 N–H and O–H groups in total.